The van der Waals surface area contributed by atoms with Gasteiger partial charge in [-0.3, -0.25) is 0 Å². The average molecular weight is 264 g/mol. The van der Waals surface area contributed by atoms with Gasteiger partial charge in [0.25, 0.3) is 0 Å². The third kappa shape index (κ3) is 2.59. The molecule has 0 spiro atoms. The van der Waals surface area contributed by atoms with Crippen molar-refractivity contribution in [3.8, 4) is 11.5 Å². The largest absolute Gasteiger partial charge is 0.504 e. The lowest BCUT2D eigenvalue weighted by atomic mass is 10.1. The Morgan fingerprint density at radius 3 is 2.40 bits per heavy atom. The molecule has 0 aliphatic heterocycles. The number of benzene rings is 3. The predicted octanol–water partition coefficient (Wildman–Crippen LogP) is 4.17. The van der Waals surface area contributed by atoms with E-state index in [4.69, 9.17) is 4.74 Å². The van der Waals surface area contributed by atoms with Crippen molar-refractivity contribution in [2.45, 2.75) is 6.42 Å². The second kappa shape index (κ2) is 5.66. The summed E-state index contributed by atoms with van der Waals surface area (Å²) in [4.78, 5) is 0. The number of ether oxygens (including phenoxy) is 1. The van der Waals surface area contributed by atoms with Crippen LogP contribution in [0.1, 0.15) is 5.56 Å². The van der Waals surface area contributed by atoms with Crippen LogP contribution in [0.4, 0.5) is 0 Å². The lowest BCUT2D eigenvalue weighted by Gasteiger charge is -2.10. The van der Waals surface area contributed by atoms with Gasteiger partial charge >= 0.3 is 0 Å². The number of aromatic hydroxyl groups is 1. The Balaban J connectivity index is 1.73. The summed E-state index contributed by atoms with van der Waals surface area (Å²) in [6.07, 6.45) is 0.826. The van der Waals surface area contributed by atoms with E-state index in [0.29, 0.717) is 12.4 Å². The zero-order chi connectivity index (χ0) is 13.8. The number of rotatable bonds is 4. The zero-order valence-corrected chi connectivity index (χ0v) is 11.1. The molecule has 3 aromatic rings. The fourth-order valence-corrected chi connectivity index (χ4v) is 2.28. The molecule has 100 valence electrons. The first-order valence-electron chi connectivity index (χ1n) is 6.72. The topological polar surface area (TPSA) is 29.5 Å². The summed E-state index contributed by atoms with van der Waals surface area (Å²) in [6.45, 7) is 0.552. The van der Waals surface area contributed by atoms with Gasteiger partial charge in [0.1, 0.15) is 0 Å². The maximum absolute atomic E-state index is 10.2. The molecule has 0 heterocycles. The monoisotopic (exact) mass is 264 g/mol. The first kappa shape index (κ1) is 12.5. The highest BCUT2D eigenvalue weighted by molar-refractivity contribution is 5.90. The summed E-state index contributed by atoms with van der Waals surface area (Å²) >= 11 is 0. The van der Waals surface area contributed by atoms with Crippen LogP contribution in [-0.2, 0) is 6.42 Å². The lowest BCUT2D eigenvalue weighted by molar-refractivity contribution is 0.304. The summed E-state index contributed by atoms with van der Waals surface area (Å²) < 4.78 is 5.70. The van der Waals surface area contributed by atoms with E-state index in [0.717, 1.165) is 17.2 Å². The quantitative estimate of drug-likeness (QED) is 0.766. The molecule has 0 radical (unpaired) electrons. The Morgan fingerprint density at radius 1 is 0.800 bits per heavy atom. The molecule has 0 saturated heterocycles. The van der Waals surface area contributed by atoms with Crippen LogP contribution in [-0.4, -0.2) is 11.7 Å². The summed E-state index contributed by atoms with van der Waals surface area (Å²) in [5.41, 5.74) is 1.23. The number of phenolic OH excluding ortho intramolecular Hbond substituents is 1. The van der Waals surface area contributed by atoms with Gasteiger partial charge in [0.05, 0.1) is 6.61 Å². The van der Waals surface area contributed by atoms with Crippen molar-refractivity contribution in [2.75, 3.05) is 6.61 Å². The van der Waals surface area contributed by atoms with Gasteiger partial charge in [-0.1, -0.05) is 60.7 Å². The Labute approximate surface area is 118 Å². The number of hydrogen-bond acceptors (Lipinski definition) is 2. The molecule has 0 atom stereocenters. The van der Waals surface area contributed by atoms with Gasteiger partial charge in [-0.2, -0.15) is 0 Å². The normalized spacial score (nSPS) is 10.6. The third-order valence-corrected chi connectivity index (χ3v) is 3.35. The lowest BCUT2D eigenvalue weighted by Crippen LogP contribution is -2.01. The Hall–Kier alpha value is -2.48. The Kier molecular flexibility index (Phi) is 3.55. The van der Waals surface area contributed by atoms with Crippen molar-refractivity contribution in [3.05, 3.63) is 72.3 Å². The summed E-state index contributed by atoms with van der Waals surface area (Å²) in [7, 11) is 0. The maximum Gasteiger partial charge on any atom is 0.165 e. The molecule has 20 heavy (non-hydrogen) atoms. The van der Waals surface area contributed by atoms with Crippen molar-refractivity contribution in [1.29, 1.82) is 0 Å². The molecule has 0 aromatic heterocycles. The van der Waals surface area contributed by atoms with E-state index < -0.39 is 0 Å². The minimum absolute atomic E-state index is 0.219. The van der Waals surface area contributed by atoms with Gasteiger partial charge in [-0.25, -0.2) is 0 Å². The average Bonchev–Trinajstić information content (AvgIpc) is 2.51. The van der Waals surface area contributed by atoms with Crippen LogP contribution in [0.2, 0.25) is 0 Å². The molecular formula is C18H16O2. The van der Waals surface area contributed by atoms with Crippen LogP contribution in [0.15, 0.2) is 66.7 Å². The molecule has 0 fully saturated rings. The van der Waals surface area contributed by atoms with E-state index in [1.54, 1.807) is 0 Å². The maximum atomic E-state index is 10.2. The first-order valence-corrected chi connectivity index (χ1v) is 6.72. The van der Waals surface area contributed by atoms with Crippen molar-refractivity contribution in [2.24, 2.45) is 0 Å². The van der Waals surface area contributed by atoms with Crippen molar-refractivity contribution in [1.82, 2.24) is 0 Å². The van der Waals surface area contributed by atoms with E-state index in [1.165, 1.54) is 5.56 Å². The van der Waals surface area contributed by atoms with Gasteiger partial charge in [0, 0.05) is 11.8 Å². The third-order valence-electron chi connectivity index (χ3n) is 3.35. The molecule has 0 aliphatic rings. The highest BCUT2D eigenvalue weighted by Crippen LogP contribution is 2.34. The van der Waals surface area contributed by atoms with E-state index in [1.807, 2.05) is 54.6 Å². The Morgan fingerprint density at radius 2 is 1.55 bits per heavy atom. The van der Waals surface area contributed by atoms with Crippen LogP contribution in [0.5, 0.6) is 11.5 Å². The minimum atomic E-state index is 0.219. The fourth-order valence-electron chi connectivity index (χ4n) is 2.28. The van der Waals surface area contributed by atoms with Crippen LogP contribution in [0.25, 0.3) is 10.8 Å². The highest BCUT2D eigenvalue weighted by atomic mass is 16.5. The highest BCUT2D eigenvalue weighted by Gasteiger charge is 2.06. The molecule has 1 N–H and O–H groups in total. The summed E-state index contributed by atoms with van der Waals surface area (Å²) in [5.74, 6) is 0.760. The van der Waals surface area contributed by atoms with Crippen molar-refractivity contribution in [3.63, 3.8) is 0 Å². The van der Waals surface area contributed by atoms with E-state index in [2.05, 4.69) is 12.1 Å². The van der Waals surface area contributed by atoms with Gasteiger partial charge in [-0.05, 0) is 17.0 Å². The smallest absolute Gasteiger partial charge is 0.165 e. The fraction of sp³-hybridized carbons (Fsp3) is 0.111. The first-order chi connectivity index (χ1) is 9.84. The molecule has 3 aromatic carbocycles. The number of phenols is 1. The molecule has 0 aliphatic carbocycles. The van der Waals surface area contributed by atoms with Gasteiger partial charge in [-0.15, -0.1) is 0 Å². The van der Waals surface area contributed by atoms with E-state index in [-0.39, 0.29) is 5.75 Å². The molecule has 0 saturated carbocycles. The summed E-state index contributed by atoms with van der Waals surface area (Å²) in [5, 5.41) is 12.1. The predicted molar refractivity (Wildman–Crippen MR) is 81.3 cm³/mol. The van der Waals surface area contributed by atoms with Crippen LogP contribution >= 0.6 is 0 Å². The Bertz CT molecular complexity index is 705. The van der Waals surface area contributed by atoms with Crippen LogP contribution in [0.3, 0.4) is 0 Å². The molecule has 2 heteroatoms. The van der Waals surface area contributed by atoms with Gasteiger partial charge in [0.2, 0.25) is 0 Å². The molecule has 2 nitrogen and oxygen atoms in total. The molecule has 3 rings (SSSR count). The molecule has 0 bridgehead atoms. The standard InChI is InChI=1S/C18H16O2/c19-18-16-9-5-4-8-15(16)10-11-17(18)20-13-12-14-6-2-1-3-7-14/h1-11,19H,12-13H2. The molecule has 0 unspecified atom stereocenters. The zero-order valence-electron chi connectivity index (χ0n) is 11.1. The van der Waals surface area contributed by atoms with Crippen molar-refractivity contribution >= 4 is 10.8 Å². The second-order valence-corrected chi connectivity index (χ2v) is 4.72. The number of fused-ring (bicyclic) bond motifs is 1. The molecular weight excluding hydrogens is 248 g/mol. The van der Waals surface area contributed by atoms with Gasteiger partial charge in [0.15, 0.2) is 11.5 Å². The van der Waals surface area contributed by atoms with E-state index >= 15 is 0 Å². The van der Waals surface area contributed by atoms with Crippen molar-refractivity contribution < 1.29 is 9.84 Å². The summed E-state index contributed by atoms with van der Waals surface area (Å²) in [6, 6.07) is 21.7. The van der Waals surface area contributed by atoms with E-state index in [9.17, 15) is 5.11 Å². The van der Waals surface area contributed by atoms with Crippen LogP contribution < -0.4 is 4.74 Å². The van der Waals surface area contributed by atoms with Gasteiger partial charge < -0.3 is 9.84 Å². The SMILES string of the molecule is Oc1c(OCCc2ccccc2)ccc2ccccc12. The second-order valence-electron chi connectivity index (χ2n) is 4.72. The minimum Gasteiger partial charge on any atom is -0.504 e. The number of hydrogen-bond donors (Lipinski definition) is 1. The molecule has 0 amide bonds. The van der Waals surface area contributed by atoms with Crippen LogP contribution in [0, 0.1) is 0 Å².